The number of nitrogens with one attached hydrogen (secondary N) is 1. The zero-order valence-electron chi connectivity index (χ0n) is 12.2. The summed E-state index contributed by atoms with van der Waals surface area (Å²) in [6.07, 6.45) is 4.27. The molecule has 1 aliphatic heterocycles. The highest BCUT2D eigenvalue weighted by Crippen LogP contribution is 2.35. The van der Waals surface area contributed by atoms with Crippen LogP contribution in [0.2, 0.25) is 0 Å². The maximum Gasteiger partial charge on any atom is 0.214 e. The van der Waals surface area contributed by atoms with Gasteiger partial charge < -0.3 is 4.74 Å². The molecule has 4 nitrogen and oxygen atoms in total. The van der Waals surface area contributed by atoms with Crippen molar-refractivity contribution in [2.24, 2.45) is 5.92 Å². The quantitative estimate of drug-likeness (QED) is 0.875. The minimum Gasteiger partial charge on any atom is -0.381 e. The van der Waals surface area contributed by atoms with Crippen molar-refractivity contribution in [2.75, 3.05) is 13.2 Å². The van der Waals surface area contributed by atoms with Gasteiger partial charge in [-0.15, -0.1) is 0 Å². The van der Waals surface area contributed by atoms with Crippen LogP contribution in [0.4, 0.5) is 0 Å². The summed E-state index contributed by atoms with van der Waals surface area (Å²) in [5.41, 5.74) is 1.20. The van der Waals surface area contributed by atoms with Gasteiger partial charge in [0, 0.05) is 19.3 Å². The largest absolute Gasteiger partial charge is 0.381 e. The predicted octanol–water partition coefficient (Wildman–Crippen LogP) is 2.11. The van der Waals surface area contributed by atoms with Crippen LogP contribution in [-0.2, 0) is 21.2 Å². The lowest BCUT2D eigenvalue weighted by atomic mass is 10.0. The number of ether oxygens (including phenoxy) is 1. The van der Waals surface area contributed by atoms with Crippen molar-refractivity contribution in [1.29, 1.82) is 0 Å². The van der Waals surface area contributed by atoms with E-state index in [-0.39, 0.29) is 11.3 Å². The van der Waals surface area contributed by atoms with E-state index in [4.69, 9.17) is 4.74 Å². The fourth-order valence-electron chi connectivity index (χ4n) is 2.96. The van der Waals surface area contributed by atoms with E-state index in [0.29, 0.717) is 32.0 Å². The Bertz CT molecular complexity index is 548. The Morgan fingerprint density at radius 3 is 2.38 bits per heavy atom. The van der Waals surface area contributed by atoms with E-state index in [0.717, 1.165) is 19.3 Å². The molecule has 21 heavy (non-hydrogen) atoms. The van der Waals surface area contributed by atoms with Gasteiger partial charge in [-0.05, 0) is 43.6 Å². The second kappa shape index (κ2) is 6.46. The Hall–Kier alpha value is -0.910. The van der Waals surface area contributed by atoms with Gasteiger partial charge in [0.1, 0.15) is 0 Å². The van der Waals surface area contributed by atoms with E-state index < -0.39 is 10.0 Å². The van der Waals surface area contributed by atoms with Gasteiger partial charge in [0.15, 0.2) is 0 Å². The summed E-state index contributed by atoms with van der Waals surface area (Å²) in [6.45, 7) is 1.11. The molecule has 0 spiro atoms. The van der Waals surface area contributed by atoms with Crippen LogP contribution in [0.25, 0.3) is 0 Å². The minimum atomic E-state index is -3.24. The molecule has 1 N–H and O–H groups in total. The molecular formula is C16H23NO3S. The van der Waals surface area contributed by atoms with E-state index in [1.807, 2.05) is 18.2 Å². The summed E-state index contributed by atoms with van der Waals surface area (Å²) in [7, 11) is -3.24. The molecule has 0 unspecified atom stereocenters. The first-order valence-corrected chi connectivity index (χ1v) is 9.32. The van der Waals surface area contributed by atoms with Crippen LogP contribution in [0.5, 0.6) is 0 Å². The Morgan fingerprint density at radius 1 is 1.10 bits per heavy atom. The minimum absolute atomic E-state index is 0.0419. The third-order valence-electron chi connectivity index (χ3n) is 4.41. The number of benzene rings is 1. The van der Waals surface area contributed by atoms with Crippen LogP contribution in [0.3, 0.4) is 0 Å². The molecule has 1 aromatic carbocycles. The molecule has 1 aliphatic carbocycles. The van der Waals surface area contributed by atoms with Crippen molar-refractivity contribution in [1.82, 2.24) is 4.72 Å². The first kappa shape index (κ1) is 15.0. The van der Waals surface area contributed by atoms with Crippen LogP contribution in [0.15, 0.2) is 30.3 Å². The summed E-state index contributed by atoms with van der Waals surface area (Å²) in [4.78, 5) is 0. The van der Waals surface area contributed by atoms with Crippen LogP contribution in [0, 0.1) is 5.92 Å². The molecular weight excluding hydrogens is 286 g/mol. The Balaban J connectivity index is 1.67. The monoisotopic (exact) mass is 309 g/mol. The fourth-order valence-corrected chi connectivity index (χ4v) is 4.67. The number of hydrogen-bond donors (Lipinski definition) is 1. The second-order valence-corrected chi connectivity index (χ2v) is 8.10. The number of rotatable bonds is 6. The van der Waals surface area contributed by atoms with E-state index in [1.54, 1.807) is 0 Å². The van der Waals surface area contributed by atoms with Crippen LogP contribution < -0.4 is 4.72 Å². The van der Waals surface area contributed by atoms with E-state index >= 15 is 0 Å². The lowest BCUT2D eigenvalue weighted by molar-refractivity contribution is 0.0980. The second-order valence-electron chi connectivity index (χ2n) is 6.11. The zero-order chi connectivity index (χ0) is 14.7. The molecule has 0 bridgehead atoms. The summed E-state index contributed by atoms with van der Waals surface area (Å²) in [6, 6.07) is 10.2. The normalized spacial score (nSPS) is 22.1. The first-order valence-electron chi connectivity index (χ1n) is 7.78. The lowest BCUT2D eigenvalue weighted by Gasteiger charge is -2.26. The topological polar surface area (TPSA) is 55.4 Å². The van der Waals surface area contributed by atoms with Crippen LogP contribution in [0.1, 0.15) is 31.2 Å². The van der Waals surface area contributed by atoms with Gasteiger partial charge in [0.2, 0.25) is 10.0 Å². The van der Waals surface area contributed by atoms with Crippen LogP contribution >= 0.6 is 0 Å². The zero-order valence-corrected chi connectivity index (χ0v) is 13.0. The summed E-state index contributed by atoms with van der Waals surface area (Å²) in [5, 5.41) is -0.289. The highest BCUT2D eigenvalue weighted by molar-refractivity contribution is 7.90. The maximum absolute atomic E-state index is 12.6. The standard InChI is InChI=1S/C16H23NO3S/c18-21(19,15-8-10-20-11-9-15)17-16(14-6-7-14)12-13-4-2-1-3-5-13/h1-5,14-17H,6-12H2/t16-/m1/s1. The molecule has 1 aromatic rings. The summed E-state index contributed by atoms with van der Waals surface area (Å²) in [5.74, 6) is 0.500. The van der Waals surface area contributed by atoms with Gasteiger partial charge in [0.25, 0.3) is 0 Å². The molecule has 5 heteroatoms. The molecule has 1 saturated heterocycles. The van der Waals surface area contributed by atoms with Crippen molar-refractivity contribution < 1.29 is 13.2 Å². The van der Waals surface area contributed by atoms with Crippen molar-refractivity contribution in [2.45, 2.75) is 43.4 Å². The van der Waals surface area contributed by atoms with Crippen molar-refractivity contribution in [3.05, 3.63) is 35.9 Å². The van der Waals surface area contributed by atoms with Gasteiger partial charge in [0.05, 0.1) is 5.25 Å². The Kier molecular flexibility index (Phi) is 4.62. The molecule has 0 amide bonds. The van der Waals surface area contributed by atoms with Crippen molar-refractivity contribution >= 4 is 10.0 Å². The molecule has 0 radical (unpaired) electrons. The maximum atomic E-state index is 12.6. The predicted molar refractivity (Wildman–Crippen MR) is 82.6 cm³/mol. The van der Waals surface area contributed by atoms with Gasteiger partial charge in [-0.3, -0.25) is 0 Å². The summed E-state index contributed by atoms with van der Waals surface area (Å²) < 4.78 is 33.4. The number of sulfonamides is 1. The molecule has 1 saturated carbocycles. The Labute approximate surface area is 126 Å². The third kappa shape index (κ3) is 4.05. The van der Waals surface area contributed by atoms with Gasteiger partial charge in [-0.1, -0.05) is 30.3 Å². The molecule has 2 fully saturated rings. The molecule has 3 rings (SSSR count). The van der Waals surface area contributed by atoms with Gasteiger partial charge in [-0.2, -0.15) is 0 Å². The Morgan fingerprint density at radius 2 is 1.76 bits per heavy atom. The number of hydrogen-bond acceptors (Lipinski definition) is 3. The average molecular weight is 309 g/mol. The average Bonchev–Trinajstić information content (AvgIpc) is 3.33. The SMILES string of the molecule is O=S(=O)(N[C@H](Cc1ccccc1)C1CC1)C1CCOCC1. The molecule has 1 atom stereocenters. The molecule has 116 valence electrons. The highest BCUT2D eigenvalue weighted by atomic mass is 32.2. The van der Waals surface area contributed by atoms with E-state index in [1.165, 1.54) is 5.56 Å². The third-order valence-corrected chi connectivity index (χ3v) is 6.39. The van der Waals surface area contributed by atoms with Gasteiger partial charge >= 0.3 is 0 Å². The van der Waals surface area contributed by atoms with Crippen molar-refractivity contribution in [3.8, 4) is 0 Å². The molecule has 2 aliphatic rings. The van der Waals surface area contributed by atoms with Crippen LogP contribution in [-0.4, -0.2) is 32.9 Å². The molecule has 1 heterocycles. The van der Waals surface area contributed by atoms with E-state index in [2.05, 4.69) is 16.9 Å². The van der Waals surface area contributed by atoms with Crippen molar-refractivity contribution in [3.63, 3.8) is 0 Å². The van der Waals surface area contributed by atoms with Gasteiger partial charge in [-0.25, -0.2) is 13.1 Å². The van der Waals surface area contributed by atoms with E-state index in [9.17, 15) is 8.42 Å². The first-order chi connectivity index (χ1) is 10.1. The lowest BCUT2D eigenvalue weighted by Crippen LogP contribution is -2.45. The highest BCUT2D eigenvalue weighted by Gasteiger charge is 2.36. The smallest absolute Gasteiger partial charge is 0.214 e. The fraction of sp³-hybridized carbons (Fsp3) is 0.625. The summed E-state index contributed by atoms with van der Waals surface area (Å²) >= 11 is 0. The molecule has 0 aromatic heterocycles.